The fourth-order valence-corrected chi connectivity index (χ4v) is 10.9. The van der Waals surface area contributed by atoms with Crippen molar-refractivity contribution in [1.29, 1.82) is 0 Å². The highest BCUT2D eigenvalue weighted by Gasteiger charge is 2.72. The molecule has 0 amide bonds. The molecule has 0 saturated heterocycles. The van der Waals surface area contributed by atoms with E-state index in [1.54, 1.807) is 0 Å². The third-order valence-electron chi connectivity index (χ3n) is 13.5. The number of aliphatic hydroxyl groups excluding tert-OH is 6. The highest BCUT2D eigenvalue weighted by Crippen LogP contribution is 2.75. The molecule has 0 radical (unpaired) electrons. The fraction of sp³-hybridized carbons (Fsp3) is 0.933. The Morgan fingerprint density at radius 1 is 0.778 bits per heavy atom. The number of allylic oxidation sites excluding steroid dienone is 2. The first-order valence-corrected chi connectivity index (χ1v) is 14.2. The van der Waals surface area contributed by atoms with Crippen LogP contribution in [0, 0.1) is 50.2 Å². The summed E-state index contributed by atoms with van der Waals surface area (Å²) in [6.07, 6.45) is 4.21. The molecule has 5 aliphatic rings. The van der Waals surface area contributed by atoms with Gasteiger partial charge in [0.15, 0.2) is 0 Å². The van der Waals surface area contributed by atoms with Crippen molar-refractivity contribution in [2.75, 3.05) is 13.2 Å². The van der Waals surface area contributed by atoms with Gasteiger partial charge < -0.3 is 30.6 Å². The van der Waals surface area contributed by atoms with Crippen LogP contribution in [0.15, 0.2) is 11.6 Å². The molecule has 4 fully saturated rings. The van der Waals surface area contributed by atoms with Gasteiger partial charge in [-0.05, 0) is 84.4 Å². The van der Waals surface area contributed by atoms with Crippen LogP contribution in [-0.4, -0.2) is 68.3 Å². The number of fused-ring (bicyclic) bond motifs is 7. The number of hydrogen-bond donors (Lipinski definition) is 6. The normalized spacial score (nSPS) is 58.1. The Hall–Kier alpha value is -0.500. The standard InChI is InChI=1S/C30H50O6/c1-25(2)13-18-17-7-8-20-26(3)11-10-21(33)27(4,15-31)19(26)9-12-28(20,5)29(17,6)14-22(34)30(18,16-32)24(36)23(25)35/h7,18-24,31-36H,8-16H2,1-6H3/t18-,19-,20+,21?,22?,23?,24?,26-,27-,28+,29-,30-/m1/s1. The zero-order valence-electron chi connectivity index (χ0n) is 23.2. The van der Waals surface area contributed by atoms with Crippen LogP contribution in [0.3, 0.4) is 0 Å². The molecule has 5 aliphatic carbocycles. The van der Waals surface area contributed by atoms with Gasteiger partial charge in [-0.25, -0.2) is 0 Å². The first-order chi connectivity index (χ1) is 16.6. The highest BCUT2D eigenvalue weighted by molar-refractivity contribution is 5.36. The lowest BCUT2D eigenvalue weighted by Gasteiger charge is -2.72. The molecule has 0 aliphatic heterocycles. The molecule has 0 aromatic heterocycles. The van der Waals surface area contributed by atoms with E-state index < -0.39 is 40.7 Å². The summed E-state index contributed by atoms with van der Waals surface area (Å²) in [5.74, 6) is 0.367. The van der Waals surface area contributed by atoms with E-state index in [0.29, 0.717) is 25.2 Å². The van der Waals surface area contributed by atoms with Gasteiger partial charge in [0.1, 0.15) is 0 Å². The Labute approximate surface area is 216 Å². The average Bonchev–Trinajstić information content (AvgIpc) is 2.81. The number of aliphatic hydroxyl groups is 6. The topological polar surface area (TPSA) is 121 Å². The molecule has 0 aromatic rings. The van der Waals surface area contributed by atoms with Gasteiger partial charge in [-0.1, -0.05) is 53.2 Å². The third-order valence-corrected chi connectivity index (χ3v) is 13.5. The third kappa shape index (κ3) is 2.95. The predicted octanol–water partition coefficient (Wildman–Crippen LogP) is 3.03. The van der Waals surface area contributed by atoms with Gasteiger partial charge in [0.2, 0.25) is 0 Å². The summed E-state index contributed by atoms with van der Waals surface area (Å²) in [6.45, 7) is 12.7. The molecular formula is C30H50O6. The van der Waals surface area contributed by atoms with Crippen LogP contribution in [0.2, 0.25) is 0 Å². The van der Waals surface area contributed by atoms with Crippen molar-refractivity contribution < 1.29 is 30.6 Å². The van der Waals surface area contributed by atoms with Gasteiger partial charge >= 0.3 is 0 Å². The maximum Gasteiger partial charge on any atom is 0.0913 e. The van der Waals surface area contributed by atoms with Crippen molar-refractivity contribution >= 4 is 0 Å². The molecule has 36 heavy (non-hydrogen) atoms. The van der Waals surface area contributed by atoms with E-state index in [1.807, 2.05) is 13.8 Å². The van der Waals surface area contributed by atoms with E-state index >= 15 is 0 Å². The summed E-state index contributed by atoms with van der Waals surface area (Å²) < 4.78 is 0. The fourth-order valence-electron chi connectivity index (χ4n) is 10.9. The lowest BCUT2D eigenvalue weighted by atomic mass is 9.33. The van der Waals surface area contributed by atoms with Gasteiger partial charge in [-0.2, -0.15) is 0 Å². The molecule has 6 N–H and O–H groups in total. The molecular weight excluding hydrogens is 456 g/mol. The Bertz CT molecular complexity index is 932. The summed E-state index contributed by atoms with van der Waals surface area (Å²) >= 11 is 0. The molecule has 5 rings (SSSR count). The summed E-state index contributed by atoms with van der Waals surface area (Å²) in [7, 11) is 0. The maximum atomic E-state index is 11.8. The van der Waals surface area contributed by atoms with Crippen molar-refractivity contribution in [3.63, 3.8) is 0 Å². The minimum absolute atomic E-state index is 0.00861. The van der Waals surface area contributed by atoms with Crippen molar-refractivity contribution in [3.8, 4) is 0 Å². The van der Waals surface area contributed by atoms with E-state index in [4.69, 9.17) is 0 Å². The number of hydrogen-bond acceptors (Lipinski definition) is 6. The second kappa shape index (κ2) is 8.02. The lowest BCUT2D eigenvalue weighted by molar-refractivity contribution is -0.259. The molecule has 0 heterocycles. The lowest BCUT2D eigenvalue weighted by Crippen LogP contribution is -2.71. The number of rotatable bonds is 2. The van der Waals surface area contributed by atoms with Crippen LogP contribution in [0.25, 0.3) is 0 Å². The summed E-state index contributed by atoms with van der Waals surface area (Å²) in [4.78, 5) is 0. The molecule has 12 atom stereocenters. The Balaban J connectivity index is 1.63. The molecule has 206 valence electrons. The van der Waals surface area contributed by atoms with Crippen molar-refractivity contribution in [1.82, 2.24) is 0 Å². The van der Waals surface area contributed by atoms with Gasteiger partial charge in [-0.3, -0.25) is 0 Å². The maximum absolute atomic E-state index is 11.8. The molecule has 0 aromatic carbocycles. The van der Waals surface area contributed by atoms with Crippen LogP contribution >= 0.6 is 0 Å². The quantitative estimate of drug-likeness (QED) is 0.320. The average molecular weight is 507 g/mol. The molecule has 4 unspecified atom stereocenters. The van der Waals surface area contributed by atoms with Crippen LogP contribution in [0.5, 0.6) is 0 Å². The van der Waals surface area contributed by atoms with E-state index in [9.17, 15) is 30.6 Å². The van der Waals surface area contributed by atoms with Crippen LogP contribution < -0.4 is 0 Å². The summed E-state index contributed by atoms with van der Waals surface area (Å²) in [5.41, 5.74) is -1.40. The zero-order chi connectivity index (χ0) is 26.7. The monoisotopic (exact) mass is 506 g/mol. The Morgan fingerprint density at radius 3 is 2.06 bits per heavy atom. The smallest absolute Gasteiger partial charge is 0.0913 e. The van der Waals surface area contributed by atoms with Crippen LogP contribution in [0.1, 0.15) is 86.5 Å². The summed E-state index contributed by atoms with van der Waals surface area (Å²) in [5, 5.41) is 66.1. The van der Waals surface area contributed by atoms with E-state index in [2.05, 4.69) is 33.8 Å². The zero-order valence-corrected chi connectivity index (χ0v) is 23.2. The minimum Gasteiger partial charge on any atom is -0.396 e. The Morgan fingerprint density at radius 2 is 1.44 bits per heavy atom. The van der Waals surface area contributed by atoms with Crippen molar-refractivity contribution in [2.45, 2.75) is 111 Å². The van der Waals surface area contributed by atoms with E-state index in [1.165, 1.54) is 5.57 Å². The molecule has 0 bridgehead atoms. The molecule has 6 nitrogen and oxygen atoms in total. The SMILES string of the molecule is CC1(C)C[C@@H]2C3=CC[C@H]4[C@]5(C)CCC(O)[C@](C)(CO)[C@@H]5CC[C@]4(C)[C@]3(C)CC(O)[C@]2(CO)C(O)C1O. The van der Waals surface area contributed by atoms with Crippen LogP contribution in [-0.2, 0) is 0 Å². The highest BCUT2D eigenvalue weighted by atomic mass is 16.3. The second-order valence-electron chi connectivity index (χ2n) is 15.1. The van der Waals surface area contributed by atoms with Gasteiger partial charge in [0.25, 0.3) is 0 Å². The van der Waals surface area contributed by atoms with Crippen LogP contribution in [0.4, 0.5) is 0 Å². The van der Waals surface area contributed by atoms with Gasteiger partial charge in [-0.15, -0.1) is 0 Å². The predicted molar refractivity (Wildman–Crippen MR) is 138 cm³/mol. The molecule has 0 spiro atoms. The Kier molecular flexibility index (Phi) is 6.03. The summed E-state index contributed by atoms with van der Waals surface area (Å²) in [6, 6.07) is 0. The first kappa shape index (κ1) is 27.1. The molecule has 4 saturated carbocycles. The molecule has 6 heteroatoms. The van der Waals surface area contributed by atoms with E-state index in [0.717, 1.165) is 25.7 Å². The largest absolute Gasteiger partial charge is 0.396 e. The minimum atomic E-state index is -1.19. The van der Waals surface area contributed by atoms with Crippen molar-refractivity contribution in [2.24, 2.45) is 50.2 Å². The second-order valence-corrected chi connectivity index (χ2v) is 15.1. The van der Waals surface area contributed by atoms with Gasteiger partial charge in [0.05, 0.1) is 43.0 Å². The van der Waals surface area contributed by atoms with E-state index in [-0.39, 0.29) is 41.3 Å². The van der Waals surface area contributed by atoms with Crippen molar-refractivity contribution in [3.05, 3.63) is 11.6 Å². The first-order valence-electron chi connectivity index (χ1n) is 14.2. The van der Waals surface area contributed by atoms with Gasteiger partial charge in [0, 0.05) is 5.41 Å².